The highest BCUT2D eigenvalue weighted by atomic mass is 79.9. The Kier molecular flexibility index (Phi) is 7.29. The van der Waals surface area contributed by atoms with E-state index in [-0.39, 0.29) is 18.6 Å². The van der Waals surface area contributed by atoms with Gasteiger partial charge in [-0.3, -0.25) is 4.79 Å². The molecule has 0 radical (unpaired) electrons. The Morgan fingerprint density at radius 1 is 1.39 bits per heavy atom. The Hall–Kier alpha value is -0.860. The molecule has 1 rings (SSSR count). The average molecular weight is 412 g/mol. The van der Waals surface area contributed by atoms with E-state index < -0.39 is 39.4 Å². The molecule has 130 valence electrons. The van der Waals surface area contributed by atoms with Crippen molar-refractivity contribution in [2.45, 2.75) is 44.9 Å². The van der Waals surface area contributed by atoms with Crippen LogP contribution >= 0.6 is 15.9 Å². The number of rotatable bonds is 6. The van der Waals surface area contributed by atoms with Gasteiger partial charge < -0.3 is 4.74 Å². The molecule has 1 N–H and O–H groups in total. The zero-order valence-electron chi connectivity index (χ0n) is 13.4. The Labute approximate surface area is 145 Å². The van der Waals surface area contributed by atoms with Gasteiger partial charge in [0.1, 0.15) is 0 Å². The van der Waals surface area contributed by atoms with E-state index >= 15 is 0 Å². The van der Waals surface area contributed by atoms with Gasteiger partial charge in [0.25, 0.3) is 0 Å². The van der Waals surface area contributed by atoms with Gasteiger partial charge in [0, 0.05) is 10.0 Å². The van der Waals surface area contributed by atoms with Crippen molar-refractivity contribution in [3.8, 4) is 0 Å². The largest absolute Gasteiger partial charge is 0.466 e. The van der Waals surface area contributed by atoms with E-state index in [1.165, 1.54) is 6.07 Å². The van der Waals surface area contributed by atoms with Crippen molar-refractivity contribution >= 4 is 32.9 Å². The molecule has 0 unspecified atom stereocenters. The summed E-state index contributed by atoms with van der Waals surface area (Å²) in [6.45, 7) is 7.01. The lowest BCUT2D eigenvalue weighted by atomic mass is 10.0. The number of ether oxygens (including phenoxy) is 1. The number of esters is 1. The van der Waals surface area contributed by atoms with E-state index in [4.69, 9.17) is 4.74 Å². The Morgan fingerprint density at radius 2 is 2.00 bits per heavy atom. The fraction of sp³-hybridized carbons (Fsp3) is 0.533. The molecule has 8 heteroatoms. The first-order valence-electron chi connectivity index (χ1n) is 7.04. The fourth-order valence-electron chi connectivity index (χ4n) is 1.74. The predicted octanol–water partition coefficient (Wildman–Crippen LogP) is 3.77. The Balaban J connectivity index is 3.18. The minimum absolute atomic E-state index is 0.0810. The lowest BCUT2D eigenvalue weighted by Gasteiger charge is -2.24. The lowest BCUT2D eigenvalue weighted by Crippen LogP contribution is -2.37. The van der Waals surface area contributed by atoms with Crippen molar-refractivity contribution in [3.05, 3.63) is 33.8 Å². The summed E-state index contributed by atoms with van der Waals surface area (Å²) < 4.78 is 47.3. The van der Waals surface area contributed by atoms with Crippen LogP contribution in [0.1, 0.15) is 45.7 Å². The molecule has 0 spiro atoms. The SMILES string of the molecule is CCOC(=O)C[C@H](N[S@@](=O)C(C)(C)C)c1cc(Br)cc(F)c1F. The maximum atomic E-state index is 14.1. The summed E-state index contributed by atoms with van der Waals surface area (Å²) in [5, 5.41) is 0. The number of carbonyl (C=O) groups excluding carboxylic acids is 1. The van der Waals surface area contributed by atoms with E-state index in [2.05, 4.69) is 20.7 Å². The van der Waals surface area contributed by atoms with E-state index in [0.717, 1.165) is 6.07 Å². The van der Waals surface area contributed by atoms with Crippen LogP contribution in [0.5, 0.6) is 0 Å². The smallest absolute Gasteiger partial charge is 0.307 e. The molecule has 23 heavy (non-hydrogen) atoms. The first kappa shape index (κ1) is 20.2. The van der Waals surface area contributed by atoms with Crippen LogP contribution < -0.4 is 4.72 Å². The second-order valence-corrected chi connectivity index (χ2v) is 8.77. The van der Waals surface area contributed by atoms with Crippen molar-refractivity contribution in [1.82, 2.24) is 4.72 Å². The van der Waals surface area contributed by atoms with Gasteiger partial charge in [-0.1, -0.05) is 15.9 Å². The molecule has 4 nitrogen and oxygen atoms in total. The van der Waals surface area contributed by atoms with Gasteiger partial charge in [0.2, 0.25) is 0 Å². The van der Waals surface area contributed by atoms with Gasteiger partial charge in [-0.2, -0.15) is 0 Å². The third-order valence-electron chi connectivity index (χ3n) is 2.88. The highest BCUT2D eigenvalue weighted by molar-refractivity contribution is 9.10. The molecular formula is C15H20BrF2NO3S. The summed E-state index contributed by atoms with van der Waals surface area (Å²) in [4.78, 5) is 11.8. The highest BCUT2D eigenvalue weighted by Crippen LogP contribution is 2.28. The van der Waals surface area contributed by atoms with Crippen LogP contribution in [0, 0.1) is 11.6 Å². The van der Waals surface area contributed by atoms with Crippen molar-refractivity contribution in [2.75, 3.05) is 6.61 Å². The quantitative estimate of drug-likeness (QED) is 0.572. The second-order valence-electron chi connectivity index (χ2n) is 5.85. The van der Waals surface area contributed by atoms with Crippen LogP contribution in [0.4, 0.5) is 8.78 Å². The summed E-state index contributed by atoms with van der Waals surface area (Å²) in [6, 6.07) is 1.37. The zero-order chi connectivity index (χ0) is 17.8. The van der Waals surface area contributed by atoms with Gasteiger partial charge >= 0.3 is 5.97 Å². The van der Waals surface area contributed by atoms with Crippen LogP contribution in [-0.2, 0) is 20.5 Å². The molecule has 0 saturated heterocycles. The number of benzene rings is 1. The molecule has 0 saturated carbocycles. The monoisotopic (exact) mass is 411 g/mol. The maximum absolute atomic E-state index is 14.1. The summed E-state index contributed by atoms with van der Waals surface area (Å²) in [5.74, 6) is -2.72. The summed E-state index contributed by atoms with van der Waals surface area (Å²) in [5.41, 5.74) is -0.0810. The van der Waals surface area contributed by atoms with Crippen molar-refractivity contribution in [1.29, 1.82) is 0 Å². The molecule has 0 aliphatic rings. The Bertz CT molecular complexity index is 605. The second kappa shape index (κ2) is 8.30. The number of nitrogens with one attached hydrogen (secondary N) is 1. The van der Waals surface area contributed by atoms with Gasteiger partial charge in [-0.05, 0) is 39.8 Å². The number of carbonyl (C=O) groups is 1. The minimum atomic E-state index is -1.57. The van der Waals surface area contributed by atoms with Gasteiger partial charge in [0.05, 0.1) is 34.8 Å². The molecular weight excluding hydrogens is 392 g/mol. The number of halogens is 3. The average Bonchev–Trinajstić information content (AvgIpc) is 2.41. The summed E-state index contributed by atoms with van der Waals surface area (Å²) in [6.07, 6.45) is -0.261. The van der Waals surface area contributed by atoms with Crippen molar-refractivity contribution in [2.24, 2.45) is 0 Å². The topological polar surface area (TPSA) is 55.4 Å². The van der Waals surface area contributed by atoms with Crippen LogP contribution in [0.25, 0.3) is 0 Å². The number of hydrogen-bond donors (Lipinski definition) is 1. The third kappa shape index (κ3) is 5.93. The van der Waals surface area contributed by atoms with E-state index in [1.807, 2.05) is 0 Å². The standard InChI is InChI=1S/C15H20BrF2NO3S/c1-5-22-13(20)8-12(19-23(21)15(2,3)4)10-6-9(16)7-11(17)14(10)18/h6-7,12,19H,5,8H2,1-4H3/t12-,23-/m0/s1. The molecule has 1 aromatic carbocycles. The molecule has 0 amide bonds. The lowest BCUT2D eigenvalue weighted by molar-refractivity contribution is -0.143. The van der Waals surface area contributed by atoms with Crippen LogP contribution in [0.2, 0.25) is 0 Å². The van der Waals surface area contributed by atoms with E-state index in [9.17, 15) is 17.8 Å². The minimum Gasteiger partial charge on any atom is -0.466 e. The first-order valence-corrected chi connectivity index (χ1v) is 8.98. The summed E-state index contributed by atoms with van der Waals surface area (Å²) >= 11 is 3.09. The third-order valence-corrected chi connectivity index (χ3v) is 4.95. The first-order chi connectivity index (χ1) is 10.6. The molecule has 0 aliphatic heterocycles. The van der Waals surface area contributed by atoms with Gasteiger partial charge in [-0.25, -0.2) is 17.7 Å². The van der Waals surface area contributed by atoms with Gasteiger partial charge in [0.15, 0.2) is 11.6 Å². The fourth-order valence-corrected chi connectivity index (χ4v) is 3.01. The normalized spacial score (nSPS) is 14.4. The Morgan fingerprint density at radius 3 is 2.52 bits per heavy atom. The predicted molar refractivity (Wildman–Crippen MR) is 89.1 cm³/mol. The zero-order valence-corrected chi connectivity index (χ0v) is 15.8. The van der Waals surface area contributed by atoms with E-state index in [1.54, 1.807) is 27.7 Å². The van der Waals surface area contributed by atoms with E-state index in [0.29, 0.717) is 4.47 Å². The number of hydrogen-bond acceptors (Lipinski definition) is 3. The molecule has 2 atom stereocenters. The van der Waals surface area contributed by atoms with Gasteiger partial charge in [-0.15, -0.1) is 0 Å². The molecule has 0 aliphatic carbocycles. The highest BCUT2D eigenvalue weighted by Gasteiger charge is 2.28. The molecule has 0 heterocycles. The molecule has 1 aromatic rings. The van der Waals surface area contributed by atoms with Crippen LogP contribution in [0.15, 0.2) is 16.6 Å². The van der Waals surface area contributed by atoms with Crippen LogP contribution in [-0.4, -0.2) is 21.5 Å². The molecule has 0 bridgehead atoms. The summed E-state index contributed by atoms with van der Waals surface area (Å²) in [7, 11) is -1.57. The van der Waals surface area contributed by atoms with Crippen LogP contribution in [0.3, 0.4) is 0 Å². The molecule has 0 fully saturated rings. The maximum Gasteiger partial charge on any atom is 0.307 e. The molecule has 0 aromatic heterocycles. The van der Waals surface area contributed by atoms with Crippen molar-refractivity contribution < 1.29 is 22.5 Å². The van der Waals surface area contributed by atoms with Crippen molar-refractivity contribution in [3.63, 3.8) is 0 Å².